The average molecular weight is 419 g/mol. The standard InChI is InChI=1S/C15H12Cl2N2O2S3/c1-9-12(23-15(19-9)11-5-3-7-22-11)8-18-24(20,21)13-6-2-4-10(16)14(13)17/h2-7,18H,8H2,1H3. The Morgan fingerprint density at radius 2 is 2.00 bits per heavy atom. The van der Waals surface area contributed by atoms with Crippen LogP contribution in [0.4, 0.5) is 0 Å². The number of thiazole rings is 1. The molecule has 0 fully saturated rings. The summed E-state index contributed by atoms with van der Waals surface area (Å²) in [4.78, 5) is 6.40. The van der Waals surface area contributed by atoms with Crippen molar-refractivity contribution in [1.29, 1.82) is 0 Å². The van der Waals surface area contributed by atoms with Crippen molar-refractivity contribution in [3.05, 3.63) is 56.3 Å². The topological polar surface area (TPSA) is 59.1 Å². The zero-order chi connectivity index (χ0) is 17.3. The van der Waals surface area contributed by atoms with E-state index < -0.39 is 10.0 Å². The first-order valence-electron chi connectivity index (χ1n) is 6.82. The van der Waals surface area contributed by atoms with Gasteiger partial charge < -0.3 is 0 Å². The second-order valence-electron chi connectivity index (χ2n) is 4.88. The molecule has 4 nitrogen and oxygen atoms in total. The van der Waals surface area contributed by atoms with E-state index in [4.69, 9.17) is 23.2 Å². The molecule has 0 aliphatic heterocycles. The molecule has 1 N–H and O–H groups in total. The van der Waals surface area contributed by atoms with Gasteiger partial charge in [0.2, 0.25) is 10.0 Å². The Morgan fingerprint density at radius 3 is 2.71 bits per heavy atom. The fourth-order valence-corrected chi connectivity index (χ4v) is 5.67. The highest BCUT2D eigenvalue weighted by Crippen LogP contribution is 2.32. The van der Waals surface area contributed by atoms with Gasteiger partial charge in [0, 0.05) is 11.4 Å². The predicted molar refractivity (Wildman–Crippen MR) is 101 cm³/mol. The smallest absolute Gasteiger partial charge is 0.240 e. The summed E-state index contributed by atoms with van der Waals surface area (Å²) in [6, 6.07) is 8.47. The van der Waals surface area contributed by atoms with Crippen molar-refractivity contribution in [2.24, 2.45) is 0 Å². The third-order valence-corrected chi connectivity index (χ3v) is 7.82. The molecule has 126 valence electrons. The molecule has 0 saturated carbocycles. The zero-order valence-corrected chi connectivity index (χ0v) is 16.4. The molecule has 0 spiro atoms. The number of aryl methyl sites for hydroxylation is 1. The number of aromatic nitrogens is 1. The van der Waals surface area contributed by atoms with Crippen molar-refractivity contribution < 1.29 is 8.42 Å². The highest BCUT2D eigenvalue weighted by molar-refractivity contribution is 7.89. The molecule has 0 unspecified atom stereocenters. The van der Waals surface area contributed by atoms with E-state index in [1.54, 1.807) is 23.5 Å². The monoisotopic (exact) mass is 418 g/mol. The van der Waals surface area contributed by atoms with Crippen LogP contribution >= 0.6 is 45.9 Å². The summed E-state index contributed by atoms with van der Waals surface area (Å²) in [5.74, 6) is 0. The van der Waals surface area contributed by atoms with Crippen LogP contribution in [0.2, 0.25) is 10.0 Å². The first-order chi connectivity index (χ1) is 11.4. The normalized spacial score (nSPS) is 11.8. The van der Waals surface area contributed by atoms with Crippen molar-refractivity contribution >= 4 is 55.9 Å². The molecular formula is C15H12Cl2N2O2S3. The van der Waals surface area contributed by atoms with Gasteiger partial charge in [-0.15, -0.1) is 22.7 Å². The van der Waals surface area contributed by atoms with Crippen LogP contribution in [0.3, 0.4) is 0 Å². The van der Waals surface area contributed by atoms with Crippen LogP contribution in [0.25, 0.3) is 9.88 Å². The van der Waals surface area contributed by atoms with Crippen LogP contribution in [0.15, 0.2) is 40.6 Å². The molecule has 3 aromatic rings. The minimum absolute atomic E-state index is 0.0203. The van der Waals surface area contributed by atoms with Crippen LogP contribution in [0, 0.1) is 6.92 Å². The van der Waals surface area contributed by atoms with Crippen LogP contribution in [0.1, 0.15) is 10.6 Å². The minimum atomic E-state index is -3.76. The lowest BCUT2D eigenvalue weighted by molar-refractivity contribution is 0.581. The number of hydrogen-bond donors (Lipinski definition) is 1. The molecule has 0 aliphatic carbocycles. The van der Waals surface area contributed by atoms with Gasteiger partial charge in [-0.05, 0) is 30.5 Å². The van der Waals surface area contributed by atoms with Crippen molar-refractivity contribution in [3.63, 3.8) is 0 Å². The fraction of sp³-hybridized carbons (Fsp3) is 0.133. The Labute approximate surface area is 158 Å². The van der Waals surface area contributed by atoms with Gasteiger partial charge in [0.05, 0.1) is 20.6 Å². The molecule has 0 bridgehead atoms. The molecule has 0 aliphatic rings. The number of thiophene rings is 1. The third-order valence-electron chi connectivity index (χ3n) is 3.25. The summed E-state index contributed by atoms with van der Waals surface area (Å²) < 4.78 is 27.5. The maximum Gasteiger partial charge on any atom is 0.242 e. The van der Waals surface area contributed by atoms with E-state index in [0.29, 0.717) is 0 Å². The van der Waals surface area contributed by atoms with Crippen LogP contribution in [0.5, 0.6) is 0 Å². The zero-order valence-electron chi connectivity index (χ0n) is 12.4. The van der Waals surface area contributed by atoms with Crippen molar-refractivity contribution in [1.82, 2.24) is 9.71 Å². The van der Waals surface area contributed by atoms with Crippen molar-refractivity contribution in [2.75, 3.05) is 0 Å². The van der Waals surface area contributed by atoms with Gasteiger partial charge in [-0.1, -0.05) is 35.3 Å². The fourth-order valence-electron chi connectivity index (χ4n) is 2.03. The van der Waals surface area contributed by atoms with Crippen LogP contribution in [-0.4, -0.2) is 13.4 Å². The van der Waals surface area contributed by atoms with E-state index in [1.165, 1.54) is 17.4 Å². The van der Waals surface area contributed by atoms with Gasteiger partial charge in [-0.2, -0.15) is 0 Å². The van der Waals surface area contributed by atoms with E-state index in [0.717, 1.165) is 20.5 Å². The Morgan fingerprint density at radius 1 is 1.21 bits per heavy atom. The number of hydrogen-bond acceptors (Lipinski definition) is 5. The molecule has 0 amide bonds. The molecule has 0 saturated heterocycles. The second kappa shape index (κ2) is 7.11. The lowest BCUT2D eigenvalue weighted by atomic mass is 10.4. The van der Waals surface area contributed by atoms with Gasteiger partial charge in [0.25, 0.3) is 0 Å². The first kappa shape index (κ1) is 17.8. The number of rotatable bonds is 5. The number of nitrogens with zero attached hydrogens (tertiary/aromatic N) is 1. The highest BCUT2D eigenvalue weighted by atomic mass is 35.5. The SMILES string of the molecule is Cc1nc(-c2cccs2)sc1CNS(=O)(=O)c1cccc(Cl)c1Cl. The number of sulfonamides is 1. The second-order valence-corrected chi connectivity index (χ2v) is 9.43. The van der Waals surface area contributed by atoms with Crippen LogP contribution < -0.4 is 4.72 Å². The quantitative estimate of drug-likeness (QED) is 0.636. The molecule has 24 heavy (non-hydrogen) atoms. The maximum absolute atomic E-state index is 12.5. The maximum atomic E-state index is 12.5. The van der Waals surface area contributed by atoms with Crippen molar-refractivity contribution in [2.45, 2.75) is 18.4 Å². The Kier molecular flexibility index (Phi) is 5.29. The van der Waals surface area contributed by atoms with Gasteiger partial charge in [-0.25, -0.2) is 18.1 Å². The van der Waals surface area contributed by atoms with E-state index in [-0.39, 0.29) is 21.5 Å². The lowest BCUT2D eigenvalue weighted by Crippen LogP contribution is -2.23. The van der Waals surface area contributed by atoms with Crippen LogP contribution in [-0.2, 0) is 16.6 Å². The Bertz CT molecular complexity index is 967. The van der Waals surface area contributed by atoms with E-state index in [2.05, 4.69) is 9.71 Å². The van der Waals surface area contributed by atoms with E-state index >= 15 is 0 Å². The summed E-state index contributed by atoms with van der Waals surface area (Å²) in [5.41, 5.74) is 0.809. The highest BCUT2D eigenvalue weighted by Gasteiger charge is 2.20. The third kappa shape index (κ3) is 3.66. The largest absolute Gasteiger partial charge is 0.242 e. The summed E-state index contributed by atoms with van der Waals surface area (Å²) in [6.07, 6.45) is 0. The summed E-state index contributed by atoms with van der Waals surface area (Å²) in [5, 5.41) is 3.09. The average Bonchev–Trinajstić information content (AvgIpc) is 3.17. The Hall–Kier alpha value is -0.960. The first-order valence-corrected chi connectivity index (χ1v) is 10.8. The van der Waals surface area contributed by atoms with Gasteiger partial charge >= 0.3 is 0 Å². The molecule has 2 heterocycles. The molecule has 1 aromatic carbocycles. The number of nitrogens with one attached hydrogen (secondary N) is 1. The molecule has 9 heteroatoms. The summed E-state index contributed by atoms with van der Waals surface area (Å²) in [7, 11) is -3.76. The predicted octanol–water partition coefficient (Wildman–Crippen LogP) is 4.97. The number of halogens is 2. The molecule has 3 rings (SSSR count). The number of benzene rings is 1. The Balaban J connectivity index is 1.82. The minimum Gasteiger partial charge on any atom is -0.240 e. The van der Waals surface area contributed by atoms with E-state index in [1.807, 2.05) is 24.4 Å². The molecular weight excluding hydrogens is 407 g/mol. The van der Waals surface area contributed by atoms with Gasteiger partial charge in [0.1, 0.15) is 9.90 Å². The van der Waals surface area contributed by atoms with E-state index in [9.17, 15) is 8.42 Å². The molecule has 0 atom stereocenters. The van der Waals surface area contributed by atoms with Gasteiger partial charge in [-0.3, -0.25) is 0 Å². The lowest BCUT2D eigenvalue weighted by Gasteiger charge is -2.08. The molecule has 2 aromatic heterocycles. The van der Waals surface area contributed by atoms with Crippen molar-refractivity contribution in [3.8, 4) is 9.88 Å². The van der Waals surface area contributed by atoms with Gasteiger partial charge in [0.15, 0.2) is 0 Å². The molecule has 0 radical (unpaired) electrons. The summed E-state index contributed by atoms with van der Waals surface area (Å²) in [6.45, 7) is 2.02. The summed E-state index contributed by atoms with van der Waals surface area (Å²) >= 11 is 15.0.